The summed E-state index contributed by atoms with van der Waals surface area (Å²) < 4.78 is 31.5. The lowest BCUT2D eigenvalue weighted by molar-refractivity contribution is -0.139. The summed E-state index contributed by atoms with van der Waals surface area (Å²) in [6.45, 7) is 1.50. The molecule has 0 saturated carbocycles. The Bertz CT molecular complexity index is 732. The van der Waals surface area contributed by atoms with Gasteiger partial charge in [0.1, 0.15) is 6.54 Å². The zero-order chi connectivity index (χ0) is 16.5. The van der Waals surface area contributed by atoms with E-state index >= 15 is 0 Å². The van der Waals surface area contributed by atoms with Gasteiger partial charge in [-0.3, -0.25) is 9.59 Å². The third-order valence-corrected chi connectivity index (χ3v) is 5.69. The minimum atomic E-state index is -3.90. The third kappa shape index (κ3) is 3.31. The quantitative estimate of drug-likeness (QED) is 0.767. The molecule has 0 spiro atoms. The topological polar surface area (TPSA) is 92.8 Å². The van der Waals surface area contributed by atoms with Gasteiger partial charge in [0.25, 0.3) is 0 Å². The van der Waals surface area contributed by atoms with Gasteiger partial charge >= 0.3 is 5.97 Å². The molecule has 1 aliphatic heterocycles. The first-order valence-corrected chi connectivity index (χ1v) is 8.71. The number of benzene rings is 1. The number of hydrogen-bond donors (Lipinski definition) is 1. The first-order chi connectivity index (χ1) is 10.3. The van der Waals surface area contributed by atoms with E-state index in [1.54, 1.807) is 6.07 Å². The smallest absolute Gasteiger partial charge is 0.320 e. The number of ether oxygens (including phenoxy) is 1. The standard InChI is InChI=1S/C13H15BrN2O5S/c1-8(17)16-4-3-9-5-10(14)12(6-11(9)16)22(19,20)15-7-13(18)21-2/h5-6,15H,3-4,7H2,1-2H3. The van der Waals surface area contributed by atoms with E-state index in [2.05, 4.69) is 25.4 Å². The van der Waals surface area contributed by atoms with Gasteiger partial charge in [0, 0.05) is 23.6 Å². The number of amides is 1. The number of hydrogen-bond acceptors (Lipinski definition) is 5. The van der Waals surface area contributed by atoms with Crippen LogP contribution in [0.25, 0.3) is 0 Å². The SMILES string of the molecule is COC(=O)CNS(=O)(=O)c1cc2c(cc1Br)CCN2C(C)=O. The van der Waals surface area contributed by atoms with Crippen LogP contribution in [-0.4, -0.2) is 40.5 Å². The number of sulfonamides is 1. The summed E-state index contributed by atoms with van der Waals surface area (Å²) in [5, 5.41) is 0. The van der Waals surface area contributed by atoms with E-state index in [-0.39, 0.29) is 10.8 Å². The molecule has 9 heteroatoms. The molecule has 0 aromatic heterocycles. The number of carbonyl (C=O) groups is 2. The van der Waals surface area contributed by atoms with Crippen molar-refractivity contribution in [3.8, 4) is 0 Å². The number of nitrogens with zero attached hydrogens (tertiary/aromatic N) is 1. The van der Waals surface area contributed by atoms with Gasteiger partial charge in [0.05, 0.1) is 12.0 Å². The van der Waals surface area contributed by atoms with Crippen molar-refractivity contribution < 1.29 is 22.7 Å². The summed E-state index contributed by atoms with van der Waals surface area (Å²) in [5.41, 5.74) is 1.48. The monoisotopic (exact) mass is 390 g/mol. The molecule has 1 amide bonds. The summed E-state index contributed by atoms with van der Waals surface area (Å²) in [4.78, 5) is 24.2. The first kappa shape index (κ1) is 16.9. The molecular formula is C13H15BrN2O5S. The molecule has 0 atom stereocenters. The maximum atomic E-state index is 12.3. The predicted molar refractivity (Wildman–Crippen MR) is 83.1 cm³/mol. The number of rotatable bonds is 4. The number of halogens is 1. The zero-order valence-electron chi connectivity index (χ0n) is 12.1. The summed E-state index contributed by atoms with van der Waals surface area (Å²) >= 11 is 3.23. The fraction of sp³-hybridized carbons (Fsp3) is 0.385. The fourth-order valence-electron chi connectivity index (χ4n) is 2.22. The van der Waals surface area contributed by atoms with Gasteiger partial charge in [-0.25, -0.2) is 8.42 Å². The average Bonchev–Trinajstić information content (AvgIpc) is 2.86. The molecule has 0 bridgehead atoms. The van der Waals surface area contributed by atoms with E-state index in [9.17, 15) is 18.0 Å². The van der Waals surface area contributed by atoms with E-state index < -0.39 is 22.5 Å². The maximum Gasteiger partial charge on any atom is 0.320 e. The van der Waals surface area contributed by atoms with Crippen molar-refractivity contribution in [2.75, 3.05) is 25.1 Å². The highest BCUT2D eigenvalue weighted by Gasteiger charge is 2.27. The Labute approximate surface area is 136 Å². The normalized spacial score (nSPS) is 13.9. The minimum Gasteiger partial charge on any atom is -0.468 e. The Morgan fingerprint density at radius 2 is 2.09 bits per heavy atom. The van der Waals surface area contributed by atoms with Crippen LogP contribution in [0.3, 0.4) is 0 Å². The molecule has 2 rings (SSSR count). The van der Waals surface area contributed by atoms with Crippen molar-refractivity contribution >= 4 is 43.5 Å². The summed E-state index contributed by atoms with van der Waals surface area (Å²) in [6, 6.07) is 3.12. The highest BCUT2D eigenvalue weighted by molar-refractivity contribution is 9.10. The zero-order valence-corrected chi connectivity index (χ0v) is 14.5. The Kier molecular flexibility index (Phi) is 4.88. The molecule has 1 heterocycles. The number of nitrogens with one attached hydrogen (secondary N) is 1. The van der Waals surface area contributed by atoms with Crippen molar-refractivity contribution in [1.29, 1.82) is 0 Å². The van der Waals surface area contributed by atoms with Crippen LogP contribution in [0.15, 0.2) is 21.5 Å². The molecule has 0 saturated heterocycles. The van der Waals surface area contributed by atoms with E-state index in [4.69, 9.17) is 0 Å². The maximum absolute atomic E-state index is 12.3. The number of esters is 1. The molecule has 22 heavy (non-hydrogen) atoms. The number of methoxy groups -OCH3 is 1. The third-order valence-electron chi connectivity index (χ3n) is 3.33. The first-order valence-electron chi connectivity index (χ1n) is 6.43. The molecule has 0 fully saturated rings. The summed E-state index contributed by atoms with van der Waals surface area (Å²) in [7, 11) is -2.73. The molecule has 0 aliphatic carbocycles. The summed E-state index contributed by atoms with van der Waals surface area (Å²) in [5.74, 6) is -0.835. The minimum absolute atomic E-state index is 0.0247. The van der Waals surface area contributed by atoms with Crippen LogP contribution in [0.1, 0.15) is 12.5 Å². The predicted octanol–water partition coefficient (Wildman–Crippen LogP) is 0.809. The van der Waals surface area contributed by atoms with Crippen LogP contribution < -0.4 is 9.62 Å². The van der Waals surface area contributed by atoms with Crippen LogP contribution in [0.5, 0.6) is 0 Å². The van der Waals surface area contributed by atoms with E-state index in [0.717, 1.165) is 5.56 Å². The van der Waals surface area contributed by atoms with Gasteiger partial charge in [0.15, 0.2) is 0 Å². The Hall–Kier alpha value is -1.45. The van der Waals surface area contributed by atoms with Gasteiger partial charge in [-0.15, -0.1) is 0 Å². The van der Waals surface area contributed by atoms with Crippen LogP contribution in [-0.2, 0) is 30.8 Å². The molecule has 1 aromatic rings. The van der Waals surface area contributed by atoms with Gasteiger partial charge in [-0.2, -0.15) is 4.72 Å². The highest BCUT2D eigenvalue weighted by Crippen LogP contribution is 2.35. The van der Waals surface area contributed by atoms with Crippen molar-refractivity contribution in [2.24, 2.45) is 0 Å². The fourth-order valence-corrected chi connectivity index (χ4v) is 4.30. The van der Waals surface area contributed by atoms with E-state index in [1.807, 2.05) is 0 Å². The second-order valence-electron chi connectivity index (χ2n) is 4.73. The van der Waals surface area contributed by atoms with Crippen molar-refractivity contribution in [3.05, 3.63) is 22.2 Å². The van der Waals surface area contributed by atoms with Crippen LogP contribution in [0.4, 0.5) is 5.69 Å². The lowest BCUT2D eigenvalue weighted by Gasteiger charge is -2.16. The van der Waals surface area contributed by atoms with Gasteiger partial charge in [-0.05, 0) is 40.0 Å². The van der Waals surface area contributed by atoms with Crippen molar-refractivity contribution in [2.45, 2.75) is 18.2 Å². The van der Waals surface area contributed by atoms with Crippen LogP contribution >= 0.6 is 15.9 Å². The number of anilines is 1. The van der Waals surface area contributed by atoms with Crippen LogP contribution in [0, 0.1) is 0 Å². The highest BCUT2D eigenvalue weighted by atomic mass is 79.9. The largest absolute Gasteiger partial charge is 0.468 e. The molecule has 7 nitrogen and oxygen atoms in total. The molecule has 0 radical (unpaired) electrons. The second-order valence-corrected chi connectivity index (χ2v) is 7.32. The molecule has 1 aromatic carbocycles. The summed E-state index contributed by atoms with van der Waals surface area (Å²) in [6.07, 6.45) is 0.670. The Morgan fingerprint density at radius 3 is 2.68 bits per heavy atom. The molecule has 1 N–H and O–H groups in total. The average molecular weight is 391 g/mol. The van der Waals surface area contributed by atoms with Gasteiger partial charge < -0.3 is 9.64 Å². The number of carbonyl (C=O) groups excluding carboxylic acids is 2. The second kappa shape index (κ2) is 6.35. The van der Waals surface area contributed by atoms with Crippen molar-refractivity contribution in [1.82, 2.24) is 4.72 Å². The molecular weight excluding hydrogens is 376 g/mol. The molecule has 1 aliphatic rings. The lowest BCUT2D eigenvalue weighted by Crippen LogP contribution is -2.31. The van der Waals surface area contributed by atoms with Crippen molar-refractivity contribution in [3.63, 3.8) is 0 Å². The Morgan fingerprint density at radius 1 is 1.41 bits per heavy atom. The van der Waals surface area contributed by atoms with Gasteiger partial charge in [-0.1, -0.05) is 0 Å². The van der Waals surface area contributed by atoms with E-state index in [0.29, 0.717) is 23.1 Å². The van der Waals surface area contributed by atoms with Gasteiger partial charge in [0.2, 0.25) is 15.9 Å². The molecule has 0 unspecified atom stereocenters. The van der Waals surface area contributed by atoms with E-state index in [1.165, 1.54) is 25.0 Å². The Balaban J connectivity index is 2.38. The number of fused-ring (bicyclic) bond motifs is 1. The lowest BCUT2D eigenvalue weighted by atomic mass is 10.2. The molecule has 120 valence electrons. The van der Waals surface area contributed by atoms with Crippen LogP contribution in [0.2, 0.25) is 0 Å².